The molecule has 1 saturated carbocycles. The number of nitrogens with one attached hydrogen (secondary N) is 1. The van der Waals surface area contributed by atoms with Crippen LogP contribution in [0.3, 0.4) is 0 Å². The maximum Gasteiger partial charge on any atom is 0.142 e. The van der Waals surface area contributed by atoms with Crippen molar-refractivity contribution in [2.45, 2.75) is 44.6 Å². The second-order valence-electron chi connectivity index (χ2n) is 5.17. The number of nitriles is 1. The summed E-state index contributed by atoms with van der Waals surface area (Å²) in [6.07, 6.45) is 5.34. The highest BCUT2D eigenvalue weighted by Crippen LogP contribution is 2.32. The molecule has 1 aromatic rings. The van der Waals surface area contributed by atoms with Crippen molar-refractivity contribution < 1.29 is 5.11 Å². The molecule has 0 saturated heterocycles. The molecule has 98 valence electrons. The highest BCUT2D eigenvalue weighted by Gasteiger charge is 2.33. The molecule has 0 aromatic carbocycles. The zero-order valence-corrected chi connectivity index (χ0v) is 11.0. The summed E-state index contributed by atoms with van der Waals surface area (Å²) in [6.45, 7) is 1.93. The highest BCUT2D eigenvalue weighted by atomic mass is 16.3. The molecule has 2 rings (SSSR count). The average molecular weight is 248 g/mol. The number of rotatable bonds is 3. The van der Waals surface area contributed by atoms with Gasteiger partial charge in [0.1, 0.15) is 17.5 Å². The third kappa shape index (κ3) is 2.21. The number of aromatic nitrogens is 2. The van der Waals surface area contributed by atoms with Gasteiger partial charge in [-0.3, -0.25) is 4.68 Å². The minimum absolute atomic E-state index is 0.0993. The number of hydrogen-bond acceptors (Lipinski definition) is 4. The monoisotopic (exact) mass is 248 g/mol. The van der Waals surface area contributed by atoms with Crippen molar-refractivity contribution in [1.29, 1.82) is 5.26 Å². The van der Waals surface area contributed by atoms with Crippen LogP contribution in [-0.2, 0) is 7.05 Å². The summed E-state index contributed by atoms with van der Waals surface area (Å²) in [7, 11) is 1.82. The van der Waals surface area contributed by atoms with Crippen LogP contribution in [0.2, 0.25) is 0 Å². The van der Waals surface area contributed by atoms with E-state index in [0.717, 1.165) is 37.2 Å². The summed E-state index contributed by atoms with van der Waals surface area (Å²) >= 11 is 0. The molecule has 1 fully saturated rings. The molecule has 0 spiro atoms. The molecule has 0 atom stereocenters. The van der Waals surface area contributed by atoms with E-state index in [-0.39, 0.29) is 12.1 Å². The Bertz CT molecular complexity index is 466. The van der Waals surface area contributed by atoms with E-state index in [4.69, 9.17) is 0 Å². The SMILES string of the molecule is Cc1nn(C)c(NC2(CO)CCCCC2)c1C#N. The van der Waals surface area contributed by atoms with Gasteiger partial charge in [0.25, 0.3) is 0 Å². The van der Waals surface area contributed by atoms with Gasteiger partial charge < -0.3 is 10.4 Å². The van der Waals surface area contributed by atoms with E-state index >= 15 is 0 Å². The number of nitrogens with zero attached hydrogens (tertiary/aromatic N) is 3. The van der Waals surface area contributed by atoms with E-state index in [0.29, 0.717) is 5.56 Å². The van der Waals surface area contributed by atoms with Crippen LogP contribution in [0.15, 0.2) is 0 Å². The van der Waals surface area contributed by atoms with Crippen LogP contribution in [0.25, 0.3) is 0 Å². The zero-order chi connectivity index (χ0) is 13.2. The lowest BCUT2D eigenvalue weighted by Gasteiger charge is -2.37. The fourth-order valence-corrected chi connectivity index (χ4v) is 2.74. The minimum Gasteiger partial charge on any atom is -0.394 e. The molecule has 0 bridgehead atoms. The molecule has 1 heterocycles. The van der Waals surface area contributed by atoms with Crippen molar-refractivity contribution >= 4 is 5.82 Å². The Kier molecular flexibility index (Phi) is 3.58. The van der Waals surface area contributed by atoms with Crippen LogP contribution >= 0.6 is 0 Å². The molecular formula is C13H20N4O. The Hall–Kier alpha value is -1.54. The van der Waals surface area contributed by atoms with Crippen LogP contribution in [0.4, 0.5) is 5.82 Å². The summed E-state index contributed by atoms with van der Waals surface area (Å²) in [5.41, 5.74) is 1.02. The minimum atomic E-state index is -0.288. The molecule has 5 heteroatoms. The van der Waals surface area contributed by atoms with Crippen LogP contribution < -0.4 is 5.32 Å². The Morgan fingerprint density at radius 1 is 1.44 bits per heavy atom. The lowest BCUT2D eigenvalue weighted by molar-refractivity contribution is 0.172. The van der Waals surface area contributed by atoms with Gasteiger partial charge in [0.2, 0.25) is 0 Å². The van der Waals surface area contributed by atoms with Crippen LogP contribution in [0, 0.1) is 18.3 Å². The molecule has 5 nitrogen and oxygen atoms in total. The van der Waals surface area contributed by atoms with Gasteiger partial charge in [-0.25, -0.2) is 0 Å². The van der Waals surface area contributed by atoms with E-state index in [1.807, 2.05) is 14.0 Å². The van der Waals surface area contributed by atoms with Crippen molar-refractivity contribution in [2.24, 2.45) is 7.05 Å². The first-order valence-electron chi connectivity index (χ1n) is 6.44. The molecule has 18 heavy (non-hydrogen) atoms. The number of aliphatic hydroxyl groups is 1. The first kappa shape index (κ1) is 12.9. The topological polar surface area (TPSA) is 73.9 Å². The summed E-state index contributed by atoms with van der Waals surface area (Å²) in [6, 6.07) is 2.19. The maximum atomic E-state index is 9.69. The number of aliphatic hydroxyl groups excluding tert-OH is 1. The van der Waals surface area contributed by atoms with Crippen molar-refractivity contribution in [3.8, 4) is 6.07 Å². The van der Waals surface area contributed by atoms with E-state index in [2.05, 4.69) is 16.5 Å². The molecule has 0 unspecified atom stereocenters. The third-order valence-electron chi connectivity index (χ3n) is 3.83. The van der Waals surface area contributed by atoms with Gasteiger partial charge in [-0.1, -0.05) is 19.3 Å². The van der Waals surface area contributed by atoms with Gasteiger partial charge >= 0.3 is 0 Å². The quantitative estimate of drug-likeness (QED) is 0.854. The van der Waals surface area contributed by atoms with E-state index in [1.165, 1.54) is 6.42 Å². The number of anilines is 1. The Morgan fingerprint density at radius 3 is 2.67 bits per heavy atom. The zero-order valence-electron chi connectivity index (χ0n) is 11.0. The fourth-order valence-electron chi connectivity index (χ4n) is 2.74. The van der Waals surface area contributed by atoms with Gasteiger partial charge in [0.05, 0.1) is 17.8 Å². The normalized spacial score (nSPS) is 18.3. The van der Waals surface area contributed by atoms with Gasteiger partial charge in [0, 0.05) is 7.05 Å². The van der Waals surface area contributed by atoms with Gasteiger partial charge in [0.15, 0.2) is 0 Å². The van der Waals surface area contributed by atoms with E-state index in [9.17, 15) is 10.4 Å². The number of aryl methyl sites for hydroxylation is 2. The van der Waals surface area contributed by atoms with Crippen molar-refractivity contribution in [1.82, 2.24) is 9.78 Å². The standard InChI is InChI=1S/C13H20N4O/c1-10-11(8-14)12(17(2)16-10)15-13(9-18)6-4-3-5-7-13/h15,18H,3-7,9H2,1-2H3. The summed E-state index contributed by atoms with van der Waals surface area (Å²) in [5, 5.41) is 26.5. The smallest absolute Gasteiger partial charge is 0.142 e. The van der Waals surface area contributed by atoms with Crippen LogP contribution in [-0.4, -0.2) is 27.0 Å². The molecule has 2 N–H and O–H groups in total. The molecule has 1 aliphatic carbocycles. The second-order valence-corrected chi connectivity index (χ2v) is 5.17. The molecule has 0 radical (unpaired) electrons. The molecule has 1 aromatic heterocycles. The molecule has 0 aliphatic heterocycles. The first-order chi connectivity index (χ1) is 8.62. The molecular weight excluding hydrogens is 228 g/mol. The maximum absolute atomic E-state index is 9.69. The van der Waals surface area contributed by atoms with Gasteiger partial charge in [-0.15, -0.1) is 0 Å². The predicted octanol–water partition coefficient (Wildman–Crippen LogP) is 1.71. The Morgan fingerprint density at radius 2 is 2.11 bits per heavy atom. The Balaban J connectivity index is 2.30. The summed E-state index contributed by atoms with van der Waals surface area (Å²) in [4.78, 5) is 0. The second kappa shape index (κ2) is 4.99. The van der Waals surface area contributed by atoms with Gasteiger partial charge in [-0.05, 0) is 19.8 Å². The van der Waals surface area contributed by atoms with Crippen molar-refractivity contribution in [2.75, 3.05) is 11.9 Å². The first-order valence-corrected chi connectivity index (χ1v) is 6.44. The fraction of sp³-hybridized carbons (Fsp3) is 0.692. The van der Waals surface area contributed by atoms with E-state index < -0.39 is 0 Å². The predicted molar refractivity (Wildman–Crippen MR) is 69.2 cm³/mol. The molecule has 1 aliphatic rings. The Labute approximate surface area is 107 Å². The van der Waals surface area contributed by atoms with Crippen molar-refractivity contribution in [3.05, 3.63) is 11.3 Å². The van der Waals surface area contributed by atoms with E-state index in [1.54, 1.807) is 4.68 Å². The lowest BCUT2D eigenvalue weighted by Crippen LogP contribution is -2.44. The van der Waals surface area contributed by atoms with Crippen LogP contribution in [0.5, 0.6) is 0 Å². The summed E-state index contributed by atoms with van der Waals surface area (Å²) < 4.78 is 1.69. The number of hydrogen-bond donors (Lipinski definition) is 2. The molecule has 0 amide bonds. The lowest BCUT2D eigenvalue weighted by atomic mass is 9.82. The third-order valence-corrected chi connectivity index (χ3v) is 3.83. The largest absolute Gasteiger partial charge is 0.394 e. The van der Waals surface area contributed by atoms with Crippen LogP contribution in [0.1, 0.15) is 43.4 Å². The summed E-state index contributed by atoms with van der Waals surface area (Å²) in [5.74, 6) is 0.728. The van der Waals surface area contributed by atoms with Crippen molar-refractivity contribution in [3.63, 3.8) is 0 Å². The van der Waals surface area contributed by atoms with Gasteiger partial charge in [-0.2, -0.15) is 10.4 Å². The average Bonchev–Trinajstić information content (AvgIpc) is 2.65. The highest BCUT2D eigenvalue weighted by molar-refractivity contribution is 5.56.